The summed E-state index contributed by atoms with van der Waals surface area (Å²) in [7, 11) is 1.53. The van der Waals surface area contributed by atoms with Gasteiger partial charge in [-0.3, -0.25) is 33.9 Å². The van der Waals surface area contributed by atoms with E-state index in [1.165, 1.54) is 35.9 Å². The Bertz CT molecular complexity index is 1890. The first-order valence-electron chi connectivity index (χ1n) is 13.0. The molecule has 3 atom stereocenters. The van der Waals surface area contributed by atoms with Gasteiger partial charge in [0.15, 0.2) is 0 Å². The van der Waals surface area contributed by atoms with E-state index in [2.05, 4.69) is 5.32 Å². The number of halogens is 2. The molecule has 0 saturated carbocycles. The normalized spacial score (nSPS) is 19.0. The molecule has 0 bridgehead atoms. The molecule has 224 valence electrons. The second-order valence-corrected chi connectivity index (χ2v) is 12.8. The summed E-state index contributed by atoms with van der Waals surface area (Å²) in [6.45, 7) is -0.342. The first kappa shape index (κ1) is 29.9. The minimum absolute atomic E-state index is 0.175. The van der Waals surface area contributed by atoms with Crippen molar-refractivity contribution in [2.75, 3.05) is 17.3 Å². The van der Waals surface area contributed by atoms with Crippen molar-refractivity contribution in [2.45, 2.75) is 22.7 Å². The smallest absolute Gasteiger partial charge is 0.308 e. The van der Waals surface area contributed by atoms with E-state index in [-0.39, 0.29) is 28.0 Å². The molecular formula is C29H20Cl2N4O7S2. The molecule has 11 nitrogen and oxygen atoms in total. The Morgan fingerprint density at radius 2 is 1.73 bits per heavy atom. The van der Waals surface area contributed by atoms with E-state index in [0.29, 0.717) is 26.9 Å². The molecule has 44 heavy (non-hydrogen) atoms. The minimum Gasteiger partial charge on any atom is -0.497 e. The molecule has 1 saturated heterocycles. The van der Waals surface area contributed by atoms with Gasteiger partial charge in [-0.15, -0.1) is 0 Å². The number of amides is 3. The number of methoxy groups -OCH3 is 1. The van der Waals surface area contributed by atoms with Gasteiger partial charge in [-0.1, -0.05) is 58.4 Å². The van der Waals surface area contributed by atoms with Crippen LogP contribution in [0.1, 0.15) is 16.4 Å². The van der Waals surface area contributed by atoms with E-state index in [1.54, 1.807) is 42.5 Å². The number of anilines is 2. The van der Waals surface area contributed by atoms with Crippen molar-refractivity contribution in [2.24, 2.45) is 5.92 Å². The first-order valence-corrected chi connectivity index (χ1v) is 15.4. The number of aromatic nitrogens is 1. The number of benzene rings is 3. The van der Waals surface area contributed by atoms with Gasteiger partial charge in [0.25, 0.3) is 5.69 Å². The summed E-state index contributed by atoms with van der Waals surface area (Å²) in [6, 6.07) is 16.7. The Labute approximate surface area is 267 Å². The average Bonchev–Trinajstić information content (AvgIpc) is 3.45. The molecule has 1 N–H and O–H groups in total. The molecule has 6 rings (SSSR count). The summed E-state index contributed by atoms with van der Waals surface area (Å²) in [6.07, 6.45) is 0. The standard InChI is InChI=1S/C29H20Cl2N4O7S2/c1-42-17-11-5-14(6-12-17)32-20(36)13-33-28-25(44-29(33)39)21(18-3-2-4-19(30)23(18)31)22-24(43-28)27(38)34(26(22)37)15-7-9-16(10-8-15)35(40)41/h2-12,21-22,24H,13H2,1H3,(H,32,36)/t21-,22-,24+/m0/s1. The lowest BCUT2D eigenvalue weighted by Crippen LogP contribution is -2.33. The van der Waals surface area contributed by atoms with Crippen LogP contribution in [0.3, 0.4) is 0 Å². The molecule has 4 aromatic rings. The molecule has 0 radical (unpaired) electrons. The van der Waals surface area contributed by atoms with Crippen molar-refractivity contribution in [3.8, 4) is 5.75 Å². The van der Waals surface area contributed by atoms with Crippen LogP contribution in [0, 0.1) is 16.0 Å². The van der Waals surface area contributed by atoms with Crippen LogP contribution in [0.5, 0.6) is 5.75 Å². The number of nitrogens with zero attached hydrogens (tertiary/aromatic N) is 3. The number of fused-ring (bicyclic) bond motifs is 2. The van der Waals surface area contributed by atoms with Crippen molar-refractivity contribution in [1.29, 1.82) is 0 Å². The van der Waals surface area contributed by atoms with Gasteiger partial charge < -0.3 is 10.1 Å². The number of hydrogen-bond donors (Lipinski definition) is 1. The number of hydrogen-bond acceptors (Lipinski definition) is 9. The third kappa shape index (κ3) is 5.15. The Hall–Kier alpha value is -4.17. The van der Waals surface area contributed by atoms with Gasteiger partial charge in [-0.2, -0.15) is 0 Å². The van der Waals surface area contributed by atoms with E-state index in [9.17, 15) is 29.3 Å². The van der Waals surface area contributed by atoms with E-state index >= 15 is 0 Å². The van der Waals surface area contributed by atoms with Crippen LogP contribution in [0.2, 0.25) is 10.0 Å². The fourth-order valence-electron chi connectivity index (χ4n) is 5.35. The highest BCUT2D eigenvalue weighted by Crippen LogP contribution is 2.55. The highest BCUT2D eigenvalue weighted by molar-refractivity contribution is 8.00. The Morgan fingerprint density at radius 3 is 2.39 bits per heavy atom. The van der Waals surface area contributed by atoms with Crippen LogP contribution in [-0.4, -0.2) is 39.6 Å². The number of carbonyl (C=O) groups is 3. The van der Waals surface area contributed by atoms with Gasteiger partial charge in [-0.25, -0.2) is 4.90 Å². The first-order chi connectivity index (χ1) is 21.1. The summed E-state index contributed by atoms with van der Waals surface area (Å²) in [5.41, 5.74) is 0.941. The monoisotopic (exact) mass is 670 g/mol. The summed E-state index contributed by atoms with van der Waals surface area (Å²) < 4.78 is 6.43. The van der Waals surface area contributed by atoms with Crippen LogP contribution >= 0.6 is 46.3 Å². The fraction of sp³-hybridized carbons (Fsp3) is 0.172. The Morgan fingerprint density at radius 1 is 1.02 bits per heavy atom. The fourth-order valence-corrected chi connectivity index (χ4v) is 8.54. The zero-order chi connectivity index (χ0) is 31.3. The van der Waals surface area contributed by atoms with Crippen LogP contribution in [0.15, 0.2) is 76.6 Å². The molecular weight excluding hydrogens is 651 g/mol. The number of thioether (sulfide) groups is 1. The number of thiazole rings is 1. The number of non-ortho nitro benzene ring substituents is 1. The van der Waals surface area contributed by atoms with E-state index in [0.717, 1.165) is 28.0 Å². The van der Waals surface area contributed by atoms with Crippen LogP contribution in [0.25, 0.3) is 0 Å². The summed E-state index contributed by atoms with van der Waals surface area (Å²) in [5, 5.41) is 13.7. The number of imide groups is 1. The summed E-state index contributed by atoms with van der Waals surface area (Å²) >= 11 is 14.9. The lowest BCUT2D eigenvalue weighted by molar-refractivity contribution is -0.384. The largest absolute Gasteiger partial charge is 0.497 e. The van der Waals surface area contributed by atoms with Gasteiger partial charge in [0.2, 0.25) is 17.7 Å². The molecule has 0 unspecified atom stereocenters. The molecule has 2 aliphatic heterocycles. The van der Waals surface area contributed by atoms with Gasteiger partial charge >= 0.3 is 4.87 Å². The maximum Gasteiger partial charge on any atom is 0.308 e. The molecule has 2 aliphatic rings. The van der Waals surface area contributed by atoms with Crippen LogP contribution < -0.4 is 19.8 Å². The number of ether oxygens (including phenoxy) is 1. The molecule has 15 heteroatoms. The topological polar surface area (TPSA) is 141 Å². The van der Waals surface area contributed by atoms with E-state index < -0.39 is 44.6 Å². The molecule has 0 spiro atoms. The Kier molecular flexibility index (Phi) is 7.97. The zero-order valence-electron chi connectivity index (χ0n) is 22.6. The number of nitro benzene ring substituents is 1. The van der Waals surface area contributed by atoms with Crippen LogP contribution in [-0.2, 0) is 20.9 Å². The Balaban J connectivity index is 1.40. The SMILES string of the molecule is COc1ccc(NC(=O)Cn2c3c(sc2=O)[C@@H](c2cccc(Cl)c2Cl)[C@@H]2C(=O)N(c4ccc([N+](=O)[O-])cc4)C(=O)[C@@H]2S3)cc1. The maximum absolute atomic E-state index is 14.0. The minimum atomic E-state index is -0.977. The molecule has 3 heterocycles. The van der Waals surface area contributed by atoms with Crippen LogP contribution in [0.4, 0.5) is 17.1 Å². The van der Waals surface area contributed by atoms with Gasteiger partial charge in [0, 0.05) is 28.6 Å². The van der Waals surface area contributed by atoms with Gasteiger partial charge in [0.1, 0.15) is 17.5 Å². The second-order valence-electron chi connectivity index (χ2n) is 9.87. The lowest BCUT2D eigenvalue weighted by Gasteiger charge is -2.31. The maximum atomic E-state index is 14.0. The van der Waals surface area contributed by atoms with E-state index in [4.69, 9.17) is 27.9 Å². The lowest BCUT2D eigenvalue weighted by atomic mass is 9.83. The third-order valence-electron chi connectivity index (χ3n) is 7.36. The predicted molar refractivity (Wildman–Crippen MR) is 167 cm³/mol. The summed E-state index contributed by atoms with van der Waals surface area (Å²) in [4.78, 5) is 65.9. The zero-order valence-corrected chi connectivity index (χ0v) is 25.7. The van der Waals surface area contributed by atoms with Crippen molar-refractivity contribution >= 4 is 81.1 Å². The van der Waals surface area contributed by atoms with Crippen molar-refractivity contribution in [1.82, 2.24) is 4.57 Å². The summed E-state index contributed by atoms with van der Waals surface area (Å²) in [5.74, 6) is -2.75. The molecule has 3 amide bonds. The van der Waals surface area contributed by atoms with Crippen molar-refractivity contribution in [3.05, 3.63) is 107 Å². The van der Waals surface area contributed by atoms with Crippen molar-refractivity contribution < 1.29 is 24.0 Å². The quantitative estimate of drug-likeness (QED) is 0.153. The van der Waals surface area contributed by atoms with E-state index in [1.807, 2.05) is 0 Å². The highest BCUT2D eigenvalue weighted by atomic mass is 35.5. The number of nitrogens with one attached hydrogen (secondary N) is 1. The molecule has 0 aliphatic carbocycles. The molecule has 1 fully saturated rings. The molecule has 3 aromatic carbocycles. The number of nitro groups is 1. The van der Waals surface area contributed by atoms with Crippen molar-refractivity contribution in [3.63, 3.8) is 0 Å². The van der Waals surface area contributed by atoms with Gasteiger partial charge in [-0.05, 0) is 48.0 Å². The molecule has 1 aromatic heterocycles. The third-order valence-corrected chi connectivity index (χ3v) is 10.8. The number of rotatable bonds is 7. The predicted octanol–water partition coefficient (Wildman–Crippen LogP) is 5.57. The average molecular weight is 672 g/mol. The highest BCUT2D eigenvalue weighted by Gasteiger charge is 2.57. The number of carbonyl (C=O) groups excluding carboxylic acids is 3. The van der Waals surface area contributed by atoms with Gasteiger partial charge in [0.05, 0.1) is 38.7 Å². The second kappa shape index (κ2) is 11.7.